The Morgan fingerprint density at radius 3 is 2.43 bits per heavy atom. The summed E-state index contributed by atoms with van der Waals surface area (Å²) < 4.78 is 5.32. The fraction of sp³-hybridized carbons (Fsp3) is 0.333. The molecule has 2 rings (SSSR count). The molecule has 122 valence electrons. The molecule has 1 aromatic carbocycles. The third-order valence-corrected chi connectivity index (χ3v) is 3.10. The van der Waals surface area contributed by atoms with Gasteiger partial charge < -0.3 is 10.1 Å². The van der Waals surface area contributed by atoms with Crippen molar-refractivity contribution >= 4 is 17.6 Å². The van der Waals surface area contributed by atoms with Gasteiger partial charge in [0.1, 0.15) is 11.4 Å². The van der Waals surface area contributed by atoms with E-state index in [4.69, 9.17) is 4.74 Å². The number of carbonyl (C=O) groups excluding carboxylic acids is 1. The fourth-order valence-corrected chi connectivity index (χ4v) is 1.91. The van der Waals surface area contributed by atoms with Gasteiger partial charge in [-0.1, -0.05) is 30.3 Å². The van der Waals surface area contributed by atoms with Crippen LogP contribution in [0.5, 0.6) is 0 Å². The van der Waals surface area contributed by atoms with E-state index >= 15 is 0 Å². The minimum absolute atomic E-state index is 0.421. The maximum atomic E-state index is 12.0. The van der Waals surface area contributed by atoms with E-state index in [-0.39, 0.29) is 0 Å². The van der Waals surface area contributed by atoms with E-state index < -0.39 is 11.7 Å². The van der Waals surface area contributed by atoms with Crippen molar-refractivity contribution in [1.82, 2.24) is 4.98 Å². The second-order valence-corrected chi connectivity index (χ2v) is 6.28. The standard InChI is InChI=1S/C18H23N3O2/c1-18(2,3)23-17(22)21(4)16-11-10-15(13-20-16)19-12-14-8-6-5-7-9-14/h5-11,13,19H,12H2,1-4H3. The highest BCUT2D eigenvalue weighted by molar-refractivity contribution is 5.86. The van der Waals surface area contributed by atoms with Gasteiger partial charge in [-0.25, -0.2) is 9.78 Å². The van der Waals surface area contributed by atoms with Gasteiger partial charge in [-0.2, -0.15) is 0 Å². The Morgan fingerprint density at radius 2 is 1.87 bits per heavy atom. The molecule has 0 spiro atoms. The van der Waals surface area contributed by atoms with Crippen molar-refractivity contribution < 1.29 is 9.53 Å². The van der Waals surface area contributed by atoms with Gasteiger partial charge in [-0.3, -0.25) is 4.90 Å². The molecular weight excluding hydrogens is 290 g/mol. The predicted molar refractivity (Wildman–Crippen MR) is 92.6 cm³/mol. The highest BCUT2D eigenvalue weighted by Crippen LogP contribution is 2.17. The van der Waals surface area contributed by atoms with Gasteiger partial charge in [0.2, 0.25) is 0 Å². The minimum Gasteiger partial charge on any atom is -0.443 e. The first-order chi connectivity index (χ1) is 10.8. The Balaban J connectivity index is 1.95. The number of amides is 1. The predicted octanol–water partition coefficient (Wildman–Crippen LogP) is 4.07. The normalized spacial score (nSPS) is 11.0. The summed E-state index contributed by atoms with van der Waals surface area (Å²) in [5, 5.41) is 3.30. The Kier molecular flexibility index (Phi) is 5.21. The molecule has 0 aliphatic heterocycles. The second-order valence-electron chi connectivity index (χ2n) is 6.28. The zero-order valence-corrected chi connectivity index (χ0v) is 14.0. The van der Waals surface area contributed by atoms with Crippen LogP contribution in [0.25, 0.3) is 0 Å². The van der Waals surface area contributed by atoms with Crippen LogP contribution in [0.15, 0.2) is 48.7 Å². The van der Waals surface area contributed by atoms with Crippen molar-refractivity contribution in [2.75, 3.05) is 17.3 Å². The zero-order chi connectivity index (χ0) is 16.9. The van der Waals surface area contributed by atoms with E-state index in [9.17, 15) is 4.79 Å². The van der Waals surface area contributed by atoms with E-state index in [2.05, 4.69) is 22.4 Å². The number of ether oxygens (including phenoxy) is 1. The van der Waals surface area contributed by atoms with Gasteiger partial charge in [0.05, 0.1) is 11.9 Å². The minimum atomic E-state index is -0.525. The van der Waals surface area contributed by atoms with Crippen molar-refractivity contribution in [3.8, 4) is 0 Å². The molecule has 0 unspecified atom stereocenters. The van der Waals surface area contributed by atoms with E-state index in [0.29, 0.717) is 5.82 Å². The lowest BCUT2D eigenvalue weighted by molar-refractivity contribution is 0.0588. The molecule has 2 aromatic rings. The van der Waals surface area contributed by atoms with Crippen molar-refractivity contribution in [2.24, 2.45) is 0 Å². The molecule has 1 amide bonds. The van der Waals surface area contributed by atoms with E-state index in [0.717, 1.165) is 12.2 Å². The number of aromatic nitrogens is 1. The Morgan fingerprint density at radius 1 is 1.17 bits per heavy atom. The number of benzene rings is 1. The molecule has 1 N–H and O–H groups in total. The average Bonchev–Trinajstić information content (AvgIpc) is 2.52. The summed E-state index contributed by atoms with van der Waals surface area (Å²) in [5.74, 6) is 0.546. The SMILES string of the molecule is CN(C(=O)OC(C)(C)C)c1ccc(NCc2ccccc2)cn1. The molecule has 0 aliphatic carbocycles. The first kappa shape index (κ1) is 16.8. The van der Waals surface area contributed by atoms with E-state index in [1.807, 2.05) is 45.0 Å². The quantitative estimate of drug-likeness (QED) is 0.924. The summed E-state index contributed by atoms with van der Waals surface area (Å²) in [5.41, 5.74) is 1.57. The molecule has 0 saturated carbocycles. The highest BCUT2D eigenvalue weighted by atomic mass is 16.6. The average molecular weight is 313 g/mol. The van der Waals surface area contributed by atoms with Crippen molar-refractivity contribution in [3.05, 3.63) is 54.2 Å². The summed E-state index contributed by atoms with van der Waals surface area (Å²) in [6, 6.07) is 13.8. The van der Waals surface area contributed by atoms with E-state index in [1.165, 1.54) is 10.5 Å². The van der Waals surface area contributed by atoms with Gasteiger partial charge in [0.15, 0.2) is 0 Å². The number of pyridine rings is 1. The third-order valence-electron chi connectivity index (χ3n) is 3.10. The smallest absolute Gasteiger partial charge is 0.415 e. The molecular formula is C18H23N3O2. The lowest BCUT2D eigenvalue weighted by Gasteiger charge is -2.24. The number of nitrogens with one attached hydrogen (secondary N) is 1. The molecule has 1 heterocycles. The molecule has 0 atom stereocenters. The molecule has 5 heteroatoms. The van der Waals surface area contributed by atoms with Crippen molar-refractivity contribution in [2.45, 2.75) is 32.9 Å². The molecule has 0 fully saturated rings. The van der Waals surface area contributed by atoms with Crippen LogP contribution in [0.1, 0.15) is 26.3 Å². The third kappa shape index (κ3) is 5.29. The lowest BCUT2D eigenvalue weighted by atomic mass is 10.2. The Labute approximate surface area is 137 Å². The Bertz CT molecular complexity index is 634. The fourth-order valence-electron chi connectivity index (χ4n) is 1.91. The van der Waals surface area contributed by atoms with Gasteiger partial charge >= 0.3 is 6.09 Å². The number of rotatable bonds is 4. The van der Waals surface area contributed by atoms with Crippen LogP contribution >= 0.6 is 0 Å². The first-order valence-electron chi connectivity index (χ1n) is 7.56. The zero-order valence-electron chi connectivity index (χ0n) is 14.0. The number of anilines is 2. The van der Waals surface area contributed by atoms with Crippen molar-refractivity contribution in [1.29, 1.82) is 0 Å². The van der Waals surface area contributed by atoms with Gasteiger partial charge in [-0.15, -0.1) is 0 Å². The molecule has 23 heavy (non-hydrogen) atoms. The molecule has 0 saturated heterocycles. The lowest BCUT2D eigenvalue weighted by Crippen LogP contribution is -2.34. The molecule has 0 bridgehead atoms. The second kappa shape index (κ2) is 7.13. The molecule has 5 nitrogen and oxygen atoms in total. The van der Waals surface area contributed by atoms with Crippen LogP contribution < -0.4 is 10.2 Å². The van der Waals surface area contributed by atoms with Crippen LogP contribution in [-0.2, 0) is 11.3 Å². The van der Waals surface area contributed by atoms with Crippen LogP contribution in [-0.4, -0.2) is 23.7 Å². The summed E-state index contributed by atoms with van der Waals surface area (Å²) in [6.45, 7) is 6.23. The monoisotopic (exact) mass is 313 g/mol. The molecule has 0 radical (unpaired) electrons. The molecule has 1 aromatic heterocycles. The maximum Gasteiger partial charge on any atom is 0.415 e. The van der Waals surface area contributed by atoms with Crippen LogP contribution in [0.4, 0.5) is 16.3 Å². The maximum absolute atomic E-state index is 12.0. The van der Waals surface area contributed by atoms with Gasteiger partial charge in [0, 0.05) is 13.6 Å². The summed E-state index contributed by atoms with van der Waals surface area (Å²) >= 11 is 0. The summed E-state index contributed by atoms with van der Waals surface area (Å²) in [7, 11) is 1.65. The first-order valence-corrected chi connectivity index (χ1v) is 7.56. The highest BCUT2D eigenvalue weighted by Gasteiger charge is 2.21. The topological polar surface area (TPSA) is 54.5 Å². The van der Waals surface area contributed by atoms with Crippen LogP contribution in [0.3, 0.4) is 0 Å². The largest absolute Gasteiger partial charge is 0.443 e. The van der Waals surface area contributed by atoms with Gasteiger partial charge in [0.25, 0.3) is 0 Å². The number of hydrogen-bond acceptors (Lipinski definition) is 4. The van der Waals surface area contributed by atoms with Crippen molar-refractivity contribution in [3.63, 3.8) is 0 Å². The summed E-state index contributed by atoms with van der Waals surface area (Å²) in [4.78, 5) is 17.7. The Hall–Kier alpha value is -2.56. The molecule has 0 aliphatic rings. The van der Waals surface area contributed by atoms with Crippen LogP contribution in [0.2, 0.25) is 0 Å². The van der Waals surface area contributed by atoms with E-state index in [1.54, 1.807) is 19.3 Å². The number of hydrogen-bond donors (Lipinski definition) is 1. The number of carbonyl (C=O) groups is 1. The van der Waals surface area contributed by atoms with Gasteiger partial charge in [-0.05, 0) is 38.5 Å². The number of nitrogens with zero attached hydrogens (tertiary/aromatic N) is 2. The summed E-state index contributed by atoms with van der Waals surface area (Å²) in [6.07, 6.45) is 1.29. The van der Waals surface area contributed by atoms with Crippen LogP contribution in [0, 0.1) is 0 Å².